The molecule has 1 aliphatic heterocycles. The van der Waals surface area contributed by atoms with Crippen molar-refractivity contribution < 1.29 is 9.53 Å². The first-order chi connectivity index (χ1) is 13.6. The fourth-order valence-electron chi connectivity index (χ4n) is 4.27. The van der Waals surface area contributed by atoms with Gasteiger partial charge in [-0.3, -0.25) is 14.6 Å². The molecule has 28 heavy (non-hydrogen) atoms. The molecule has 1 saturated heterocycles. The van der Waals surface area contributed by atoms with Crippen LogP contribution in [0.3, 0.4) is 0 Å². The minimum Gasteiger partial charge on any atom is -0.379 e. The van der Waals surface area contributed by atoms with Crippen LogP contribution in [-0.2, 0) is 16.0 Å². The van der Waals surface area contributed by atoms with E-state index in [0.29, 0.717) is 19.6 Å². The molecule has 3 rings (SSSR count). The average Bonchev–Trinajstić information content (AvgIpc) is 2.74. The highest BCUT2D eigenvalue weighted by Crippen LogP contribution is 2.34. The molecule has 0 bridgehead atoms. The van der Waals surface area contributed by atoms with Crippen LogP contribution in [0.2, 0.25) is 0 Å². The van der Waals surface area contributed by atoms with E-state index >= 15 is 0 Å². The van der Waals surface area contributed by atoms with Crippen LogP contribution in [0.5, 0.6) is 0 Å². The second-order valence-electron chi connectivity index (χ2n) is 7.77. The van der Waals surface area contributed by atoms with E-state index in [1.54, 1.807) is 0 Å². The highest BCUT2D eigenvalue weighted by molar-refractivity contribution is 5.94. The maximum absolute atomic E-state index is 14.2. The lowest BCUT2D eigenvalue weighted by molar-refractivity contribution is -0.138. The van der Waals surface area contributed by atoms with Crippen molar-refractivity contribution >= 4 is 5.78 Å². The van der Waals surface area contributed by atoms with Gasteiger partial charge in [0.05, 0.1) is 24.8 Å². The maximum atomic E-state index is 14.2. The molecule has 0 aliphatic carbocycles. The van der Waals surface area contributed by atoms with E-state index < -0.39 is 5.54 Å². The van der Waals surface area contributed by atoms with Crippen molar-refractivity contribution in [1.29, 1.82) is 0 Å². The molecular weight excluding hydrogens is 348 g/mol. The second kappa shape index (κ2) is 9.46. The molecule has 0 saturated carbocycles. The zero-order valence-electron chi connectivity index (χ0n) is 17.3. The molecule has 0 spiro atoms. The number of hydrogen-bond acceptors (Lipinski definition) is 4. The molecule has 4 heteroatoms. The lowest BCUT2D eigenvalue weighted by Gasteiger charge is -2.44. The number of morpholine rings is 1. The van der Waals surface area contributed by atoms with Crippen LogP contribution >= 0.6 is 0 Å². The Morgan fingerprint density at radius 3 is 2.14 bits per heavy atom. The Balaban J connectivity index is 2.01. The van der Waals surface area contributed by atoms with Gasteiger partial charge in [-0.1, -0.05) is 67.6 Å². The minimum atomic E-state index is -0.555. The summed E-state index contributed by atoms with van der Waals surface area (Å²) in [4.78, 5) is 18.6. The number of benzene rings is 2. The van der Waals surface area contributed by atoms with Crippen molar-refractivity contribution in [1.82, 2.24) is 9.80 Å². The Labute approximate surface area is 169 Å². The SMILES string of the molecule is CCC(Cc1ccccc1)(C(=O)C(c1ccccc1)N1CCOCC1)N(C)C. The van der Waals surface area contributed by atoms with E-state index in [1.165, 1.54) is 5.56 Å². The van der Waals surface area contributed by atoms with Gasteiger partial charge in [0.15, 0.2) is 5.78 Å². The second-order valence-corrected chi connectivity index (χ2v) is 7.77. The van der Waals surface area contributed by atoms with Crippen LogP contribution in [0.1, 0.15) is 30.5 Å². The number of carbonyl (C=O) groups excluding carboxylic acids is 1. The molecule has 1 aliphatic rings. The Hall–Kier alpha value is -2.01. The Kier molecular flexibility index (Phi) is 7.00. The Morgan fingerprint density at radius 2 is 1.61 bits per heavy atom. The van der Waals surface area contributed by atoms with Crippen LogP contribution in [0.15, 0.2) is 60.7 Å². The highest BCUT2D eigenvalue weighted by Gasteiger charge is 2.45. The summed E-state index contributed by atoms with van der Waals surface area (Å²) >= 11 is 0. The van der Waals surface area contributed by atoms with Gasteiger partial charge in [0.1, 0.15) is 0 Å². The van der Waals surface area contributed by atoms with Crippen LogP contribution in [-0.4, -0.2) is 61.5 Å². The standard InChI is InChI=1S/C24H32N2O2/c1-4-24(25(2)3,19-20-11-7-5-8-12-20)23(27)22(21-13-9-6-10-14-21)26-15-17-28-18-16-26/h5-14,22H,4,15-19H2,1-3H3. The van der Waals surface area contributed by atoms with Crippen molar-refractivity contribution in [3.05, 3.63) is 71.8 Å². The monoisotopic (exact) mass is 380 g/mol. The summed E-state index contributed by atoms with van der Waals surface area (Å²) in [5.74, 6) is 0.275. The van der Waals surface area contributed by atoms with E-state index in [1.807, 2.05) is 50.5 Å². The van der Waals surface area contributed by atoms with Gasteiger partial charge in [-0.05, 0) is 38.1 Å². The molecule has 4 nitrogen and oxygen atoms in total. The van der Waals surface area contributed by atoms with Gasteiger partial charge >= 0.3 is 0 Å². The van der Waals surface area contributed by atoms with Crippen molar-refractivity contribution in [3.63, 3.8) is 0 Å². The van der Waals surface area contributed by atoms with Gasteiger partial charge < -0.3 is 4.74 Å². The highest BCUT2D eigenvalue weighted by atomic mass is 16.5. The van der Waals surface area contributed by atoms with Gasteiger partial charge in [-0.15, -0.1) is 0 Å². The third-order valence-corrected chi connectivity index (χ3v) is 6.01. The molecule has 0 N–H and O–H groups in total. The van der Waals surface area contributed by atoms with Gasteiger partial charge in [-0.2, -0.15) is 0 Å². The first-order valence-electron chi connectivity index (χ1n) is 10.2. The van der Waals surface area contributed by atoms with Gasteiger partial charge in [0.2, 0.25) is 0 Å². The number of nitrogens with zero attached hydrogens (tertiary/aromatic N) is 2. The van der Waals surface area contributed by atoms with Gasteiger partial charge in [0.25, 0.3) is 0 Å². The van der Waals surface area contributed by atoms with E-state index in [0.717, 1.165) is 25.1 Å². The molecule has 2 aromatic carbocycles. The molecular formula is C24H32N2O2. The first-order valence-corrected chi connectivity index (χ1v) is 10.2. The number of hydrogen-bond donors (Lipinski definition) is 0. The largest absolute Gasteiger partial charge is 0.379 e. The molecule has 0 aromatic heterocycles. The van der Waals surface area contributed by atoms with Crippen LogP contribution < -0.4 is 0 Å². The number of Topliss-reactive ketones (excluding diaryl/α,β-unsaturated/α-hetero) is 1. The summed E-state index contributed by atoms with van der Waals surface area (Å²) < 4.78 is 5.56. The lowest BCUT2D eigenvalue weighted by Crippen LogP contribution is -2.57. The maximum Gasteiger partial charge on any atom is 0.174 e. The normalized spacial score (nSPS) is 18.6. The van der Waals surface area contributed by atoms with Crippen molar-refractivity contribution in [2.45, 2.75) is 31.3 Å². The first kappa shape index (κ1) is 20.7. The lowest BCUT2D eigenvalue weighted by atomic mass is 9.78. The van der Waals surface area contributed by atoms with Crippen molar-refractivity contribution in [3.8, 4) is 0 Å². The molecule has 0 radical (unpaired) electrons. The predicted molar refractivity (Wildman–Crippen MR) is 113 cm³/mol. The molecule has 1 fully saturated rings. The van der Waals surface area contributed by atoms with E-state index in [4.69, 9.17) is 4.74 Å². The Morgan fingerprint density at radius 1 is 1.04 bits per heavy atom. The number of rotatable bonds is 8. The molecule has 2 unspecified atom stereocenters. The van der Waals surface area contributed by atoms with E-state index in [2.05, 4.69) is 41.0 Å². The molecule has 1 heterocycles. The van der Waals surface area contributed by atoms with Gasteiger partial charge in [-0.25, -0.2) is 0 Å². The summed E-state index contributed by atoms with van der Waals surface area (Å²) in [5.41, 5.74) is 1.71. The molecule has 150 valence electrons. The zero-order valence-corrected chi connectivity index (χ0v) is 17.3. The summed E-state index contributed by atoms with van der Waals surface area (Å²) in [6.07, 6.45) is 1.48. The van der Waals surface area contributed by atoms with E-state index in [9.17, 15) is 4.79 Å². The molecule has 2 aromatic rings. The Bertz CT molecular complexity index is 742. The summed E-state index contributed by atoms with van der Waals surface area (Å²) in [6, 6.07) is 20.3. The van der Waals surface area contributed by atoms with Crippen molar-refractivity contribution in [2.75, 3.05) is 40.4 Å². The van der Waals surface area contributed by atoms with E-state index in [-0.39, 0.29) is 11.8 Å². The number of ether oxygens (including phenoxy) is 1. The third-order valence-electron chi connectivity index (χ3n) is 6.01. The van der Waals surface area contributed by atoms with Crippen LogP contribution in [0.4, 0.5) is 0 Å². The molecule has 2 atom stereocenters. The predicted octanol–water partition coefficient (Wildman–Crippen LogP) is 3.58. The fraction of sp³-hybridized carbons (Fsp3) is 0.458. The number of ketones is 1. The minimum absolute atomic E-state index is 0.254. The summed E-state index contributed by atoms with van der Waals surface area (Å²) in [5, 5.41) is 0. The average molecular weight is 381 g/mol. The summed E-state index contributed by atoms with van der Waals surface area (Å²) in [7, 11) is 4.07. The summed E-state index contributed by atoms with van der Waals surface area (Å²) in [6.45, 7) is 5.04. The topological polar surface area (TPSA) is 32.8 Å². The van der Waals surface area contributed by atoms with Crippen LogP contribution in [0, 0.1) is 0 Å². The zero-order chi connectivity index (χ0) is 20.0. The van der Waals surface area contributed by atoms with Crippen molar-refractivity contribution in [2.24, 2.45) is 0 Å². The smallest absolute Gasteiger partial charge is 0.174 e. The number of likely N-dealkylation sites (N-methyl/N-ethyl adjacent to an activating group) is 1. The third kappa shape index (κ3) is 4.35. The number of carbonyl (C=O) groups is 1. The molecule has 0 amide bonds. The fourth-order valence-corrected chi connectivity index (χ4v) is 4.27. The van der Waals surface area contributed by atoms with Crippen LogP contribution in [0.25, 0.3) is 0 Å². The van der Waals surface area contributed by atoms with Gasteiger partial charge in [0, 0.05) is 13.1 Å². The quantitative estimate of drug-likeness (QED) is 0.701.